The number of ether oxygens (including phenoxy) is 3. The third-order valence-corrected chi connectivity index (χ3v) is 3.61. The van der Waals surface area contributed by atoms with Crippen LogP contribution in [0.5, 0.6) is 11.5 Å². The lowest BCUT2D eigenvalue weighted by molar-refractivity contribution is 0.106. The molecule has 0 saturated carbocycles. The molecule has 0 amide bonds. The lowest BCUT2D eigenvalue weighted by atomic mass is 10.0. The molecule has 1 fully saturated rings. The smallest absolute Gasteiger partial charge is 0.163 e. The predicted octanol–water partition coefficient (Wildman–Crippen LogP) is 3.30. The molecule has 5 heteroatoms. The van der Waals surface area contributed by atoms with Gasteiger partial charge in [-0.1, -0.05) is 0 Å². The number of rotatable bonds is 4. The van der Waals surface area contributed by atoms with Crippen molar-refractivity contribution in [3.63, 3.8) is 0 Å². The second-order valence-corrected chi connectivity index (χ2v) is 4.65. The lowest BCUT2D eigenvalue weighted by Crippen LogP contribution is -2.14. The van der Waals surface area contributed by atoms with Crippen molar-refractivity contribution in [1.82, 2.24) is 0 Å². The Hall–Kier alpha value is -1.00. The maximum absolute atomic E-state index is 14.0. The molecule has 18 heavy (non-hydrogen) atoms. The van der Waals surface area contributed by atoms with E-state index < -0.39 is 11.2 Å². The SMILES string of the molecule is COc1cc(F)c(C(Cl)C2CCCO2)cc1OC. The molecule has 1 saturated heterocycles. The van der Waals surface area contributed by atoms with Gasteiger partial charge in [-0.15, -0.1) is 11.6 Å². The van der Waals surface area contributed by atoms with Crippen LogP contribution in [0.25, 0.3) is 0 Å². The van der Waals surface area contributed by atoms with Gasteiger partial charge in [-0.05, 0) is 18.9 Å². The van der Waals surface area contributed by atoms with E-state index in [1.54, 1.807) is 6.07 Å². The lowest BCUT2D eigenvalue weighted by Gasteiger charge is -2.19. The van der Waals surface area contributed by atoms with E-state index in [0.29, 0.717) is 23.7 Å². The van der Waals surface area contributed by atoms with E-state index in [2.05, 4.69) is 0 Å². The van der Waals surface area contributed by atoms with Crippen LogP contribution in [0, 0.1) is 5.82 Å². The van der Waals surface area contributed by atoms with E-state index in [1.807, 2.05) is 0 Å². The number of hydrogen-bond donors (Lipinski definition) is 0. The van der Waals surface area contributed by atoms with Gasteiger partial charge in [-0.3, -0.25) is 0 Å². The van der Waals surface area contributed by atoms with Crippen molar-refractivity contribution in [2.75, 3.05) is 20.8 Å². The Morgan fingerprint density at radius 3 is 2.56 bits per heavy atom. The Labute approximate surface area is 111 Å². The average Bonchev–Trinajstić information content (AvgIpc) is 2.91. The molecule has 0 spiro atoms. The fourth-order valence-electron chi connectivity index (χ4n) is 2.11. The number of alkyl halides is 1. The van der Waals surface area contributed by atoms with Gasteiger partial charge >= 0.3 is 0 Å². The van der Waals surface area contributed by atoms with E-state index in [9.17, 15) is 4.39 Å². The van der Waals surface area contributed by atoms with Crippen molar-refractivity contribution < 1.29 is 18.6 Å². The number of hydrogen-bond acceptors (Lipinski definition) is 3. The molecule has 3 nitrogen and oxygen atoms in total. The van der Waals surface area contributed by atoms with Crippen LogP contribution in [0.2, 0.25) is 0 Å². The highest BCUT2D eigenvalue weighted by molar-refractivity contribution is 6.21. The number of methoxy groups -OCH3 is 2. The molecule has 2 atom stereocenters. The minimum Gasteiger partial charge on any atom is -0.493 e. The Balaban J connectivity index is 2.31. The molecule has 1 aliphatic heterocycles. The Bertz CT molecular complexity index is 419. The molecule has 0 aliphatic carbocycles. The zero-order valence-electron chi connectivity index (χ0n) is 10.4. The van der Waals surface area contributed by atoms with Gasteiger partial charge in [0.25, 0.3) is 0 Å². The maximum Gasteiger partial charge on any atom is 0.163 e. The number of halogens is 2. The summed E-state index contributed by atoms with van der Waals surface area (Å²) in [5.74, 6) is 0.427. The first-order valence-corrected chi connectivity index (χ1v) is 6.28. The summed E-state index contributed by atoms with van der Waals surface area (Å²) in [5.41, 5.74) is 0.390. The fraction of sp³-hybridized carbons (Fsp3) is 0.538. The molecule has 100 valence electrons. The number of benzene rings is 1. The molecule has 0 radical (unpaired) electrons. The van der Waals surface area contributed by atoms with Crippen molar-refractivity contribution in [1.29, 1.82) is 0 Å². The molecule has 1 aromatic rings. The Morgan fingerprint density at radius 1 is 1.33 bits per heavy atom. The molecule has 1 aromatic carbocycles. The third-order valence-electron chi connectivity index (χ3n) is 3.09. The van der Waals surface area contributed by atoms with Crippen molar-refractivity contribution in [2.24, 2.45) is 0 Å². The highest BCUT2D eigenvalue weighted by Crippen LogP contribution is 2.38. The van der Waals surface area contributed by atoms with E-state index in [4.69, 9.17) is 25.8 Å². The summed E-state index contributed by atoms with van der Waals surface area (Å²) in [5, 5.41) is -0.507. The topological polar surface area (TPSA) is 27.7 Å². The van der Waals surface area contributed by atoms with E-state index in [0.717, 1.165) is 12.8 Å². The zero-order chi connectivity index (χ0) is 13.1. The van der Waals surface area contributed by atoms with Crippen LogP contribution in [0.3, 0.4) is 0 Å². The summed E-state index contributed by atoms with van der Waals surface area (Å²) >= 11 is 6.28. The molecular formula is C13H16ClFO3. The van der Waals surface area contributed by atoms with Gasteiger partial charge in [-0.2, -0.15) is 0 Å². The summed E-state index contributed by atoms with van der Waals surface area (Å²) in [6.45, 7) is 0.683. The van der Waals surface area contributed by atoms with E-state index in [-0.39, 0.29) is 6.10 Å². The summed E-state index contributed by atoms with van der Waals surface area (Å²) < 4.78 is 29.7. The van der Waals surface area contributed by atoms with Crippen LogP contribution >= 0.6 is 11.6 Å². The van der Waals surface area contributed by atoms with Crippen LogP contribution in [0.4, 0.5) is 4.39 Å². The van der Waals surface area contributed by atoms with E-state index >= 15 is 0 Å². The molecule has 2 unspecified atom stereocenters. The summed E-state index contributed by atoms with van der Waals surface area (Å²) in [4.78, 5) is 0. The highest BCUT2D eigenvalue weighted by atomic mass is 35.5. The fourth-order valence-corrected chi connectivity index (χ4v) is 2.48. The molecule has 1 aliphatic rings. The first-order valence-electron chi connectivity index (χ1n) is 5.84. The largest absolute Gasteiger partial charge is 0.493 e. The third kappa shape index (κ3) is 2.54. The van der Waals surface area contributed by atoms with Crippen LogP contribution in [-0.2, 0) is 4.74 Å². The Morgan fingerprint density at radius 2 is 2.00 bits per heavy atom. The highest BCUT2D eigenvalue weighted by Gasteiger charge is 2.28. The molecule has 0 aromatic heterocycles. The molecule has 1 heterocycles. The van der Waals surface area contributed by atoms with Crippen LogP contribution in [-0.4, -0.2) is 26.9 Å². The maximum atomic E-state index is 14.0. The summed E-state index contributed by atoms with van der Waals surface area (Å²) in [6, 6.07) is 2.87. The standard InChI is InChI=1S/C13H16ClFO3/c1-16-11-6-8(9(15)7-12(11)17-2)13(14)10-4-3-5-18-10/h6-7,10,13H,3-5H2,1-2H3. The molecule has 0 N–H and O–H groups in total. The van der Waals surface area contributed by atoms with Gasteiger partial charge in [0.15, 0.2) is 11.5 Å². The van der Waals surface area contributed by atoms with Crippen LogP contribution in [0.1, 0.15) is 23.8 Å². The molecule has 0 bridgehead atoms. The van der Waals surface area contributed by atoms with Crippen molar-refractivity contribution in [3.8, 4) is 11.5 Å². The minimum absolute atomic E-state index is 0.140. The average molecular weight is 275 g/mol. The van der Waals surface area contributed by atoms with E-state index in [1.165, 1.54) is 20.3 Å². The van der Waals surface area contributed by atoms with Crippen molar-refractivity contribution in [3.05, 3.63) is 23.5 Å². The van der Waals surface area contributed by atoms with Gasteiger partial charge in [0.2, 0.25) is 0 Å². The second kappa shape index (κ2) is 5.76. The summed E-state index contributed by atoms with van der Waals surface area (Å²) in [7, 11) is 2.98. The first-order chi connectivity index (χ1) is 8.67. The normalized spacial score (nSPS) is 20.8. The van der Waals surface area contributed by atoms with Gasteiger partial charge in [0.05, 0.1) is 25.7 Å². The Kier molecular flexibility index (Phi) is 4.30. The van der Waals surface area contributed by atoms with Gasteiger partial charge in [0.1, 0.15) is 5.82 Å². The second-order valence-electron chi connectivity index (χ2n) is 4.18. The van der Waals surface area contributed by atoms with Crippen LogP contribution < -0.4 is 9.47 Å². The summed E-state index contributed by atoms with van der Waals surface area (Å²) in [6.07, 6.45) is 1.67. The predicted molar refractivity (Wildman–Crippen MR) is 67.1 cm³/mol. The van der Waals surface area contributed by atoms with Crippen LogP contribution in [0.15, 0.2) is 12.1 Å². The first kappa shape index (κ1) is 13.4. The van der Waals surface area contributed by atoms with Crippen molar-refractivity contribution in [2.45, 2.75) is 24.3 Å². The monoisotopic (exact) mass is 274 g/mol. The zero-order valence-corrected chi connectivity index (χ0v) is 11.2. The van der Waals surface area contributed by atoms with Gasteiger partial charge < -0.3 is 14.2 Å². The molecule has 2 rings (SSSR count). The van der Waals surface area contributed by atoms with Crippen molar-refractivity contribution >= 4 is 11.6 Å². The van der Waals surface area contributed by atoms with Gasteiger partial charge in [-0.25, -0.2) is 4.39 Å². The minimum atomic E-state index is -0.507. The quantitative estimate of drug-likeness (QED) is 0.789. The molecular weight excluding hydrogens is 259 g/mol. The van der Waals surface area contributed by atoms with Gasteiger partial charge in [0, 0.05) is 18.2 Å².